The predicted octanol–water partition coefficient (Wildman–Crippen LogP) is 1.58. The molecule has 1 aromatic heterocycles. The summed E-state index contributed by atoms with van der Waals surface area (Å²) in [4.78, 5) is 24.3. The molecule has 20 heavy (non-hydrogen) atoms. The Balaban J connectivity index is 1.99. The van der Waals surface area contributed by atoms with Crippen LogP contribution in [-0.4, -0.2) is 34.7 Å². The van der Waals surface area contributed by atoms with Crippen molar-refractivity contribution < 1.29 is 19.8 Å². The molecule has 0 bridgehead atoms. The van der Waals surface area contributed by atoms with E-state index in [0.717, 1.165) is 25.7 Å². The molecule has 1 unspecified atom stereocenters. The van der Waals surface area contributed by atoms with E-state index in [1.165, 1.54) is 34.6 Å². The van der Waals surface area contributed by atoms with Gasteiger partial charge in [-0.3, -0.25) is 4.79 Å². The number of nitrogens with one attached hydrogen (secondary N) is 1. The number of carbonyl (C=O) groups excluding carboxylic acids is 1. The summed E-state index contributed by atoms with van der Waals surface area (Å²) in [5, 5.41) is 20.2. The maximum absolute atomic E-state index is 12.0. The standard InChI is InChI=1S/C14H19NO4S/c16-10(14(18)19)8-15-13(17)12-7-9-5-3-1-2-4-6-11(9)20-12/h7,10,16H,1-6,8H2,(H,15,17)(H,18,19). The van der Waals surface area contributed by atoms with E-state index in [0.29, 0.717) is 4.88 Å². The van der Waals surface area contributed by atoms with Crippen LogP contribution in [0.25, 0.3) is 0 Å². The summed E-state index contributed by atoms with van der Waals surface area (Å²) in [6.07, 6.45) is 5.27. The summed E-state index contributed by atoms with van der Waals surface area (Å²) in [6, 6.07) is 1.91. The molecule has 0 fully saturated rings. The van der Waals surface area contributed by atoms with Gasteiger partial charge in [-0.25, -0.2) is 4.79 Å². The van der Waals surface area contributed by atoms with E-state index in [2.05, 4.69) is 5.32 Å². The number of carbonyl (C=O) groups is 2. The molecule has 1 aliphatic rings. The number of aliphatic hydroxyl groups excluding tert-OH is 1. The topological polar surface area (TPSA) is 86.6 Å². The van der Waals surface area contributed by atoms with Crippen molar-refractivity contribution in [2.75, 3.05) is 6.54 Å². The molecule has 3 N–H and O–H groups in total. The number of carboxylic acids is 1. The molecule has 1 atom stereocenters. The van der Waals surface area contributed by atoms with E-state index in [1.807, 2.05) is 6.07 Å². The highest BCUT2D eigenvalue weighted by atomic mass is 32.1. The highest BCUT2D eigenvalue weighted by Gasteiger charge is 2.18. The number of aryl methyl sites for hydroxylation is 2. The van der Waals surface area contributed by atoms with Crippen LogP contribution in [-0.2, 0) is 17.6 Å². The number of thiophene rings is 1. The minimum atomic E-state index is -1.56. The normalized spacial score (nSPS) is 16.6. The third-order valence-electron chi connectivity index (χ3n) is 3.46. The van der Waals surface area contributed by atoms with Crippen LogP contribution in [0, 0.1) is 0 Å². The maximum Gasteiger partial charge on any atom is 0.334 e. The number of fused-ring (bicyclic) bond motifs is 1. The number of hydrogen-bond acceptors (Lipinski definition) is 4. The van der Waals surface area contributed by atoms with Gasteiger partial charge in [0.2, 0.25) is 0 Å². The third-order valence-corrected chi connectivity index (χ3v) is 4.70. The Morgan fingerprint density at radius 3 is 2.65 bits per heavy atom. The fourth-order valence-corrected chi connectivity index (χ4v) is 3.49. The summed E-state index contributed by atoms with van der Waals surface area (Å²) in [5.74, 6) is -1.63. The van der Waals surface area contributed by atoms with Crippen LogP contribution >= 0.6 is 11.3 Å². The lowest BCUT2D eigenvalue weighted by Gasteiger charge is -2.07. The molecule has 0 radical (unpaired) electrons. The predicted molar refractivity (Wildman–Crippen MR) is 76.2 cm³/mol. The average Bonchev–Trinajstić information content (AvgIpc) is 2.78. The van der Waals surface area contributed by atoms with Gasteiger partial charge in [0.15, 0.2) is 6.10 Å². The van der Waals surface area contributed by atoms with E-state index in [-0.39, 0.29) is 12.5 Å². The lowest BCUT2D eigenvalue weighted by molar-refractivity contribution is -0.146. The van der Waals surface area contributed by atoms with E-state index in [9.17, 15) is 9.59 Å². The Hall–Kier alpha value is -1.40. The average molecular weight is 297 g/mol. The quantitative estimate of drug-likeness (QED) is 0.787. The zero-order chi connectivity index (χ0) is 14.5. The van der Waals surface area contributed by atoms with Crippen LogP contribution in [0.3, 0.4) is 0 Å². The first kappa shape index (κ1) is 15.0. The molecule has 5 nitrogen and oxygen atoms in total. The minimum absolute atomic E-state index is 0.267. The second-order valence-electron chi connectivity index (χ2n) is 5.04. The molecule has 1 heterocycles. The number of aliphatic hydroxyl groups is 1. The van der Waals surface area contributed by atoms with Gasteiger partial charge in [0, 0.05) is 4.88 Å². The molecule has 0 saturated heterocycles. The zero-order valence-corrected chi connectivity index (χ0v) is 12.0. The van der Waals surface area contributed by atoms with Gasteiger partial charge in [-0.05, 0) is 37.3 Å². The molecule has 1 aliphatic carbocycles. The van der Waals surface area contributed by atoms with Gasteiger partial charge >= 0.3 is 5.97 Å². The maximum atomic E-state index is 12.0. The van der Waals surface area contributed by atoms with E-state index in [1.54, 1.807) is 0 Å². The molecule has 1 amide bonds. The van der Waals surface area contributed by atoms with Crippen molar-refractivity contribution in [1.29, 1.82) is 0 Å². The summed E-state index contributed by atoms with van der Waals surface area (Å²) in [5.41, 5.74) is 1.25. The molecule has 1 aromatic rings. The van der Waals surface area contributed by atoms with Crippen molar-refractivity contribution in [3.63, 3.8) is 0 Å². The van der Waals surface area contributed by atoms with E-state index < -0.39 is 12.1 Å². The van der Waals surface area contributed by atoms with Gasteiger partial charge in [0.25, 0.3) is 5.91 Å². The molecule has 110 valence electrons. The molecule has 0 aromatic carbocycles. The van der Waals surface area contributed by atoms with Crippen molar-refractivity contribution in [2.45, 2.75) is 44.6 Å². The number of amides is 1. The lowest BCUT2D eigenvalue weighted by atomic mass is 10.00. The van der Waals surface area contributed by atoms with Crippen molar-refractivity contribution in [3.8, 4) is 0 Å². The SMILES string of the molecule is O=C(NCC(O)C(=O)O)c1cc2c(s1)CCCCCC2. The van der Waals surface area contributed by atoms with Crippen molar-refractivity contribution in [2.24, 2.45) is 0 Å². The minimum Gasteiger partial charge on any atom is -0.479 e. The second-order valence-corrected chi connectivity index (χ2v) is 6.17. The zero-order valence-electron chi connectivity index (χ0n) is 11.2. The number of hydrogen-bond donors (Lipinski definition) is 3. The van der Waals surface area contributed by atoms with Crippen LogP contribution < -0.4 is 5.32 Å². The van der Waals surface area contributed by atoms with E-state index >= 15 is 0 Å². The first-order chi connectivity index (χ1) is 9.58. The Bertz CT molecular complexity index is 472. The van der Waals surface area contributed by atoms with Crippen LogP contribution in [0.5, 0.6) is 0 Å². The highest BCUT2D eigenvalue weighted by Crippen LogP contribution is 2.28. The summed E-state index contributed by atoms with van der Waals surface area (Å²) >= 11 is 1.48. The molecular weight excluding hydrogens is 278 g/mol. The largest absolute Gasteiger partial charge is 0.479 e. The monoisotopic (exact) mass is 297 g/mol. The Kier molecular flexibility index (Phi) is 5.14. The number of carboxylic acid groups (broad SMARTS) is 1. The van der Waals surface area contributed by atoms with Gasteiger partial charge in [0.1, 0.15) is 0 Å². The van der Waals surface area contributed by atoms with Crippen LogP contribution in [0.2, 0.25) is 0 Å². The molecule has 0 saturated carbocycles. The number of aliphatic carboxylic acids is 1. The molecule has 6 heteroatoms. The van der Waals surface area contributed by atoms with Gasteiger partial charge in [-0.2, -0.15) is 0 Å². The first-order valence-corrected chi connectivity index (χ1v) is 7.70. The van der Waals surface area contributed by atoms with Crippen molar-refractivity contribution >= 4 is 23.2 Å². The Labute approximate surface area is 121 Å². The molecular formula is C14H19NO4S. The van der Waals surface area contributed by atoms with Gasteiger partial charge in [0.05, 0.1) is 11.4 Å². The summed E-state index contributed by atoms with van der Waals surface area (Å²) in [6.45, 7) is -0.267. The van der Waals surface area contributed by atoms with Gasteiger partial charge < -0.3 is 15.5 Å². The molecule has 0 aliphatic heterocycles. The highest BCUT2D eigenvalue weighted by molar-refractivity contribution is 7.14. The van der Waals surface area contributed by atoms with Crippen molar-refractivity contribution in [1.82, 2.24) is 5.32 Å². The Morgan fingerprint density at radius 1 is 1.25 bits per heavy atom. The first-order valence-electron chi connectivity index (χ1n) is 6.88. The Morgan fingerprint density at radius 2 is 1.95 bits per heavy atom. The second kappa shape index (κ2) is 6.85. The van der Waals surface area contributed by atoms with Gasteiger partial charge in [-0.15, -0.1) is 11.3 Å². The fraction of sp³-hybridized carbons (Fsp3) is 0.571. The molecule has 2 rings (SSSR count). The van der Waals surface area contributed by atoms with E-state index in [4.69, 9.17) is 10.2 Å². The fourth-order valence-electron chi connectivity index (χ4n) is 2.32. The van der Waals surface area contributed by atoms with Crippen LogP contribution in [0.1, 0.15) is 45.8 Å². The molecule has 0 spiro atoms. The third kappa shape index (κ3) is 3.80. The smallest absolute Gasteiger partial charge is 0.334 e. The van der Waals surface area contributed by atoms with Crippen LogP contribution in [0.15, 0.2) is 6.07 Å². The number of rotatable bonds is 4. The van der Waals surface area contributed by atoms with Crippen LogP contribution in [0.4, 0.5) is 0 Å². The van der Waals surface area contributed by atoms with Crippen molar-refractivity contribution in [3.05, 3.63) is 21.4 Å². The van der Waals surface area contributed by atoms with Gasteiger partial charge in [-0.1, -0.05) is 12.8 Å². The summed E-state index contributed by atoms with van der Waals surface area (Å²) in [7, 11) is 0. The summed E-state index contributed by atoms with van der Waals surface area (Å²) < 4.78 is 0. The lowest BCUT2D eigenvalue weighted by Crippen LogP contribution is -2.36.